The molecule has 0 fully saturated rings. The van der Waals surface area contributed by atoms with Gasteiger partial charge in [-0.05, 0) is 30.0 Å². The van der Waals surface area contributed by atoms with Crippen molar-refractivity contribution in [1.82, 2.24) is 30.5 Å². The van der Waals surface area contributed by atoms with Gasteiger partial charge in [0, 0.05) is 37.4 Å². The van der Waals surface area contributed by atoms with Gasteiger partial charge in [-0.1, -0.05) is 25.1 Å². The lowest BCUT2D eigenvalue weighted by Crippen LogP contribution is -2.18. The molecule has 0 spiro atoms. The maximum Gasteiger partial charge on any atom is 0.251 e. The van der Waals surface area contributed by atoms with E-state index in [0.29, 0.717) is 5.56 Å². The van der Waals surface area contributed by atoms with Crippen molar-refractivity contribution in [2.45, 2.75) is 19.3 Å². The fourth-order valence-corrected chi connectivity index (χ4v) is 3.50. The third kappa shape index (κ3) is 3.98. The standard InChI is InChI=1S/C22H23N7O/c1-14(6-9-24-20-12-19(26-13-27-20)18-8-11-28-29-18)15-4-3-5-16-17(22(30)23-2)7-10-25-21(15)16/h3-5,7-8,10-14H,6,9H2,1-2H3,(H,23,30)(H,28,29)(H,24,26,27). The molecule has 0 saturated carbocycles. The fourth-order valence-electron chi connectivity index (χ4n) is 3.50. The normalized spacial score (nSPS) is 11.9. The molecular weight excluding hydrogens is 378 g/mol. The molecule has 1 atom stereocenters. The van der Waals surface area contributed by atoms with Crippen LogP contribution in [0.3, 0.4) is 0 Å². The fraction of sp³-hybridized carbons (Fsp3) is 0.227. The lowest BCUT2D eigenvalue weighted by atomic mass is 9.94. The zero-order chi connectivity index (χ0) is 20.9. The lowest BCUT2D eigenvalue weighted by Gasteiger charge is -2.16. The molecule has 0 aliphatic heterocycles. The summed E-state index contributed by atoms with van der Waals surface area (Å²) in [6, 6.07) is 11.5. The van der Waals surface area contributed by atoms with Crippen molar-refractivity contribution >= 4 is 22.6 Å². The number of fused-ring (bicyclic) bond motifs is 1. The first-order valence-electron chi connectivity index (χ1n) is 9.82. The van der Waals surface area contributed by atoms with Gasteiger partial charge in [-0.25, -0.2) is 9.97 Å². The zero-order valence-electron chi connectivity index (χ0n) is 16.9. The minimum absolute atomic E-state index is 0.106. The first kappa shape index (κ1) is 19.5. The molecular formula is C22H23N7O. The number of para-hydroxylation sites is 1. The number of aromatic nitrogens is 5. The third-order valence-electron chi connectivity index (χ3n) is 5.13. The van der Waals surface area contributed by atoms with E-state index in [1.165, 1.54) is 6.33 Å². The van der Waals surface area contributed by atoms with Crippen molar-refractivity contribution in [3.05, 3.63) is 66.2 Å². The number of rotatable bonds is 7. The molecule has 0 bridgehead atoms. The van der Waals surface area contributed by atoms with Crippen molar-refractivity contribution in [3.63, 3.8) is 0 Å². The molecule has 1 aromatic carbocycles. The van der Waals surface area contributed by atoms with Gasteiger partial charge in [0.05, 0.1) is 22.5 Å². The summed E-state index contributed by atoms with van der Waals surface area (Å²) in [7, 11) is 1.64. The summed E-state index contributed by atoms with van der Waals surface area (Å²) in [6.45, 7) is 2.91. The van der Waals surface area contributed by atoms with Gasteiger partial charge in [0.25, 0.3) is 5.91 Å². The van der Waals surface area contributed by atoms with Crippen LogP contribution in [0, 0.1) is 0 Å². The summed E-state index contributed by atoms with van der Waals surface area (Å²) in [6.07, 6.45) is 5.81. The van der Waals surface area contributed by atoms with Crippen molar-refractivity contribution in [2.24, 2.45) is 0 Å². The van der Waals surface area contributed by atoms with Gasteiger partial charge >= 0.3 is 0 Å². The predicted octanol–water partition coefficient (Wildman–Crippen LogP) is 3.38. The Morgan fingerprint density at radius 3 is 2.83 bits per heavy atom. The maximum absolute atomic E-state index is 12.2. The maximum atomic E-state index is 12.2. The summed E-state index contributed by atoms with van der Waals surface area (Å²) in [4.78, 5) is 25.3. The van der Waals surface area contributed by atoms with Crippen LogP contribution < -0.4 is 10.6 Å². The number of anilines is 1. The van der Waals surface area contributed by atoms with E-state index in [1.807, 2.05) is 24.3 Å². The number of carbonyl (C=O) groups is 1. The molecule has 152 valence electrons. The molecule has 4 rings (SSSR count). The number of H-pyrrole nitrogens is 1. The van der Waals surface area contributed by atoms with Crippen LogP contribution >= 0.6 is 0 Å². The van der Waals surface area contributed by atoms with Gasteiger partial charge in [0.2, 0.25) is 0 Å². The molecule has 8 heteroatoms. The molecule has 1 unspecified atom stereocenters. The van der Waals surface area contributed by atoms with Gasteiger partial charge in [-0.2, -0.15) is 5.10 Å². The summed E-state index contributed by atoms with van der Waals surface area (Å²) >= 11 is 0. The predicted molar refractivity (Wildman–Crippen MR) is 116 cm³/mol. The first-order chi connectivity index (χ1) is 14.7. The molecule has 3 N–H and O–H groups in total. The SMILES string of the molecule is CNC(=O)c1ccnc2c(C(C)CCNc3cc(-c4ccn[nH]4)ncn3)cccc12. The Morgan fingerprint density at radius 1 is 1.13 bits per heavy atom. The smallest absolute Gasteiger partial charge is 0.251 e. The van der Waals surface area contributed by atoms with E-state index >= 15 is 0 Å². The third-order valence-corrected chi connectivity index (χ3v) is 5.13. The minimum Gasteiger partial charge on any atom is -0.370 e. The minimum atomic E-state index is -0.106. The number of hydrogen-bond donors (Lipinski definition) is 3. The average molecular weight is 401 g/mol. The van der Waals surface area contributed by atoms with Gasteiger partial charge in [0.1, 0.15) is 12.1 Å². The van der Waals surface area contributed by atoms with Gasteiger partial charge in [0.15, 0.2) is 0 Å². The molecule has 0 saturated heterocycles. The topological polar surface area (TPSA) is 108 Å². The van der Waals surface area contributed by atoms with Crippen LogP contribution in [-0.2, 0) is 0 Å². The second kappa shape index (κ2) is 8.69. The molecule has 1 amide bonds. The average Bonchev–Trinajstić information content (AvgIpc) is 3.33. The van der Waals surface area contributed by atoms with Crippen LogP contribution in [-0.4, -0.2) is 44.6 Å². The number of nitrogens with one attached hydrogen (secondary N) is 3. The number of amides is 1. The van der Waals surface area contributed by atoms with Crippen LogP contribution in [0.15, 0.2) is 55.1 Å². The van der Waals surface area contributed by atoms with Crippen molar-refractivity contribution in [1.29, 1.82) is 0 Å². The highest BCUT2D eigenvalue weighted by Crippen LogP contribution is 2.28. The Morgan fingerprint density at radius 2 is 2.03 bits per heavy atom. The highest BCUT2D eigenvalue weighted by atomic mass is 16.1. The number of carbonyl (C=O) groups excluding carboxylic acids is 1. The van der Waals surface area contributed by atoms with Gasteiger partial charge in [-0.15, -0.1) is 0 Å². The Kier molecular flexibility index (Phi) is 5.65. The van der Waals surface area contributed by atoms with E-state index in [9.17, 15) is 4.79 Å². The molecule has 3 heterocycles. The van der Waals surface area contributed by atoms with Gasteiger partial charge in [-0.3, -0.25) is 14.9 Å². The number of pyridine rings is 1. The molecule has 3 aromatic heterocycles. The lowest BCUT2D eigenvalue weighted by molar-refractivity contribution is 0.0964. The Labute approximate surface area is 174 Å². The van der Waals surface area contributed by atoms with E-state index in [2.05, 4.69) is 48.8 Å². The molecule has 0 aliphatic rings. The second-order valence-corrected chi connectivity index (χ2v) is 7.06. The number of benzene rings is 1. The largest absolute Gasteiger partial charge is 0.370 e. The monoisotopic (exact) mass is 401 g/mol. The van der Waals surface area contributed by atoms with E-state index in [-0.39, 0.29) is 11.8 Å². The second-order valence-electron chi connectivity index (χ2n) is 7.06. The van der Waals surface area contributed by atoms with E-state index < -0.39 is 0 Å². The Bertz CT molecular complexity index is 1160. The van der Waals surface area contributed by atoms with E-state index in [0.717, 1.165) is 46.6 Å². The Balaban J connectivity index is 1.47. The van der Waals surface area contributed by atoms with Crippen LogP contribution in [0.25, 0.3) is 22.3 Å². The number of nitrogens with zero attached hydrogens (tertiary/aromatic N) is 4. The summed E-state index contributed by atoms with van der Waals surface area (Å²) in [5.41, 5.74) is 4.28. The van der Waals surface area contributed by atoms with Crippen LogP contribution in [0.2, 0.25) is 0 Å². The van der Waals surface area contributed by atoms with Crippen LogP contribution in [0.5, 0.6) is 0 Å². The number of hydrogen-bond acceptors (Lipinski definition) is 6. The van der Waals surface area contributed by atoms with Gasteiger partial charge < -0.3 is 10.6 Å². The summed E-state index contributed by atoms with van der Waals surface area (Å²) < 4.78 is 0. The quantitative estimate of drug-likeness (QED) is 0.438. The number of aromatic amines is 1. The molecule has 30 heavy (non-hydrogen) atoms. The highest BCUT2D eigenvalue weighted by Gasteiger charge is 2.15. The van der Waals surface area contributed by atoms with Crippen molar-refractivity contribution in [2.75, 3.05) is 18.9 Å². The molecule has 0 radical (unpaired) electrons. The van der Waals surface area contributed by atoms with E-state index in [1.54, 1.807) is 25.5 Å². The van der Waals surface area contributed by atoms with Crippen molar-refractivity contribution in [3.8, 4) is 11.4 Å². The molecule has 0 aliphatic carbocycles. The first-order valence-corrected chi connectivity index (χ1v) is 9.82. The summed E-state index contributed by atoms with van der Waals surface area (Å²) in [5.74, 6) is 0.910. The van der Waals surface area contributed by atoms with Crippen molar-refractivity contribution < 1.29 is 4.79 Å². The zero-order valence-corrected chi connectivity index (χ0v) is 16.9. The Hall–Kier alpha value is -3.81. The highest BCUT2D eigenvalue weighted by molar-refractivity contribution is 6.06. The van der Waals surface area contributed by atoms with Crippen LogP contribution in [0.1, 0.15) is 35.2 Å². The molecule has 4 aromatic rings. The van der Waals surface area contributed by atoms with E-state index in [4.69, 9.17) is 0 Å². The van der Waals surface area contributed by atoms with Crippen LogP contribution in [0.4, 0.5) is 5.82 Å². The molecule has 8 nitrogen and oxygen atoms in total. The summed E-state index contributed by atoms with van der Waals surface area (Å²) in [5, 5.41) is 13.8.